The van der Waals surface area contributed by atoms with Crippen molar-refractivity contribution in [2.24, 2.45) is 0 Å². The number of fused-ring (bicyclic) bond motifs is 1. The molecule has 0 aliphatic heterocycles. The number of para-hydroxylation sites is 1. The zero-order valence-electron chi connectivity index (χ0n) is 10.2. The third-order valence-corrected chi connectivity index (χ3v) is 4.66. The normalized spacial score (nSPS) is 11.1. The Morgan fingerprint density at radius 2 is 2.05 bits per heavy atom. The van der Waals surface area contributed by atoms with Crippen molar-refractivity contribution in [2.75, 3.05) is 0 Å². The van der Waals surface area contributed by atoms with Gasteiger partial charge in [-0.2, -0.15) is 0 Å². The molecule has 3 nitrogen and oxygen atoms in total. The molecule has 19 heavy (non-hydrogen) atoms. The maximum absolute atomic E-state index is 6.18. The Morgan fingerprint density at radius 3 is 2.84 bits per heavy atom. The molecule has 5 heteroatoms. The molecule has 0 fully saturated rings. The Labute approximate surface area is 129 Å². The van der Waals surface area contributed by atoms with Crippen molar-refractivity contribution in [1.82, 2.24) is 9.97 Å². The third kappa shape index (κ3) is 2.23. The molecule has 0 bridgehead atoms. The van der Waals surface area contributed by atoms with Crippen molar-refractivity contribution in [2.45, 2.75) is 13.3 Å². The number of benzene rings is 1. The molecule has 2 aromatic heterocycles. The van der Waals surface area contributed by atoms with Gasteiger partial charge in [0.15, 0.2) is 5.82 Å². The van der Waals surface area contributed by atoms with Crippen LogP contribution in [0.5, 0.6) is 0 Å². The Balaban J connectivity index is 2.24. The largest absolute Gasteiger partial charge is 0.464 e. The van der Waals surface area contributed by atoms with Crippen molar-refractivity contribution in [3.8, 4) is 11.4 Å². The summed E-state index contributed by atoms with van der Waals surface area (Å²) in [6.45, 7) is 2.05. The van der Waals surface area contributed by atoms with Gasteiger partial charge in [0.2, 0.25) is 0 Å². The molecule has 0 saturated heterocycles. The van der Waals surface area contributed by atoms with Gasteiger partial charge < -0.3 is 4.42 Å². The first-order valence-corrected chi connectivity index (χ1v) is 7.35. The number of hydrogen-bond acceptors (Lipinski definition) is 3. The van der Waals surface area contributed by atoms with Gasteiger partial charge in [-0.3, -0.25) is 0 Å². The quantitative estimate of drug-likeness (QED) is 0.474. The van der Waals surface area contributed by atoms with Crippen molar-refractivity contribution < 1.29 is 4.42 Å². The standard InChI is InChI=1S/C14H10ClIN2O/c1-2-10-12(16)13(15)18-14(17-10)9-7-19-11-6-4-3-5-8(9)11/h3-7H,2H2,1H3. The Morgan fingerprint density at radius 1 is 1.26 bits per heavy atom. The van der Waals surface area contributed by atoms with Crippen LogP contribution < -0.4 is 0 Å². The minimum atomic E-state index is 0.493. The average molecular weight is 385 g/mol. The molecule has 3 aromatic rings. The highest BCUT2D eigenvalue weighted by Crippen LogP contribution is 2.30. The minimum absolute atomic E-state index is 0.493. The monoisotopic (exact) mass is 384 g/mol. The van der Waals surface area contributed by atoms with Crippen LogP contribution in [0, 0.1) is 3.57 Å². The summed E-state index contributed by atoms with van der Waals surface area (Å²) in [4.78, 5) is 8.94. The number of aryl methyl sites for hydroxylation is 1. The van der Waals surface area contributed by atoms with Crippen molar-refractivity contribution in [1.29, 1.82) is 0 Å². The fraction of sp³-hybridized carbons (Fsp3) is 0.143. The van der Waals surface area contributed by atoms with Gasteiger partial charge in [0.25, 0.3) is 0 Å². The van der Waals surface area contributed by atoms with Crippen LogP contribution in [0.15, 0.2) is 34.9 Å². The van der Waals surface area contributed by atoms with Crippen molar-refractivity contribution in [3.05, 3.63) is 44.9 Å². The van der Waals surface area contributed by atoms with Gasteiger partial charge in [-0.15, -0.1) is 0 Å². The van der Waals surface area contributed by atoms with Gasteiger partial charge in [0, 0.05) is 5.39 Å². The Bertz CT molecular complexity index is 754. The van der Waals surface area contributed by atoms with Crippen LogP contribution in [0.1, 0.15) is 12.6 Å². The lowest BCUT2D eigenvalue weighted by atomic mass is 10.1. The SMILES string of the molecule is CCc1nc(-c2coc3ccccc23)nc(Cl)c1I. The summed E-state index contributed by atoms with van der Waals surface area (Å²) in [6, 6.07) is 7.83. The molecule has 0 spiro atoms. The smallest absolute Gasteiger partial charge is 0.165 e. The molecule has 0 atom stereocenters. The number of aromatic nitrogens is 2. The predicted molar refractivity (Wildman–Crippen MR) is 84.3 cm³/mol. The van der Waals surface area contributed by atoms with Gasteiger partial charge in [0.1, 0.15) is 17.0 Å². The van der Waals surface area contributed by atoms with Gasteiger partial charge >= 0.3 is 0 Å². The summed E-state index contributed by atoms with van der Waals surface area (Å²) >= 11 is 8.35. The molecule has 0 N–H and O–H groups in total. The predicted octanol–water partition coefficient (Wildman–Crippen LogP) is 4.71. The highest BCUT2D eigenvalue weighted by atomic mass is 127. The minimum Gasteiger partial charge on any atom is -0.464 e. The maximum atomic E-state index is 6.18. The lowest BCUT2D eigenvalue weighted by Gasteiger charge is -2.05. The van der Waals surface area contributed by atoms with Crippen molar-refractivity contribution in [3.63, 3.8) is 0 Å². The average Bonchev–Trinajstić information content (AvgIpc) is 2.85. The Kier molecular flexibility index (Phi) is 3.45. The van der Waals surface area contributed by atoms with E-state index in [9.17, 15) is 0 Å². The molecule has 0 radical (unpaired) electrons. The van der Waals surface area contributed by atoms with Gasteiger partial charge in [-0.05, 0) is 35.1 Å². The van der Waals surface area contributed by atoms with Crippen LogP contribution in [-0.4, -0.2) is 9.97 Å². The van der Waals surface area contributed by atoms with Crippen LogP contribution >= 0.6 is 34.2 Å². The molecule has 96 valence electrons. The molecule has 0 amide bonds. The zero-order chi connectivity index (χ0) is 13.4. The van der Waals surface area contributed by atoms with Crippen LogP contribution in [-0.2, 0) is 6.42 Å². The number of halogens is 2. The van der Waals surface area contributed by atoms with Crippen molar-refractivity contribution >= 4 is 45.2 Å². The van der Waals surface area contributed by atoms with Crippen LogP contribution in [0.25, 0.3) is 22.4 Å². The second kappa shape index (κ2) is 5.09. The molecule has 0 saturated carbocycles. The maximum Gasteiger partial charge on any atom is 0.165 e. The third-order valence-electron chi connectivity index (χ3n) is 2.94. The number of furan rings is 1. The second-order valence-electron chi connectivity index (χ2n) is 4.10. The summed E-state index contributed by atoms with van der Waals surface area (Å²) in [5.74, 6) is 0.618. The van der Waals surface area contributed by atoms with Crippen LogP contribution in [0.4, 0.5) is 0 Å². The number of rotatable bonds is 2. The van der Waals surface area contributed by atoms with E-state index in [1.165, 1.54) is 0 Å². The van der Waals surface area contributed by atoms with E-state index in [-0.39, 0.29) is 0 Å². The molecule has 2 heterocycles. The molecule has 0 unspecified atom stereocenters. The van der Waals surface area contributed by atoms with E-state index in [2.05, 4.69) is 39.5 Å². The summed E-state index contributed by atoms with van der Waals surface area (Å²) in [6.07, 6.45) is 2.51. The van der Waals surface area contributed by atoms with Gasteiger partial charge in [0.05, 0.1) is 14.8 Å². The molecule has 0 aliphatic carbocycles. The van der Waals surface area contributed by atoms with E-state index in [1.54, 1.807) is 6.26 Å². The molecule has 3 rings (SSSR count). The first-order valence-electron chi connectivity index (χ1n) is 5.89. The summed E-state index contributed by atoms with van der Waals surface area (Å²) < 4.78 is 6.44. The summed E-state index contributed by atoms with van der Waals surface area (Å²) in [7, 11) is 0. The lowest BCUT2D eigenvalue weighted by Crippen LogP contribution is -1.99. The fourth-order valence-electron chi connectivity index (χ4n) is 1.97. The first-order chi connectivity index (χ1) is 9.20. The Hall–Kier alpha value is -1.14. The second-order valence-corrected chi connectivity index (χ2v) is 5.53. The summed E-state index contributed by atoms with van der Waals surface area (Å²) in [5, 5.41) is 1.49. The van der Waals surface area contributed by atoms with E-state index < -0.39 is 0 Å². The first kappa shape index (κ1) is 12.9. The van der Waals surface area contributed by atoms with E-state index in [0.29, 0.717) is 11.0 Å². The zero-order valence-corrected chi connectivity index (χ0v) is 13.1. The molecular weight excluding hydrogens is 375 g/mol. The highest BCUT2D eigenvalue weighted by Gasteiger charge is 2.14. The topological polar surface area (TPSA) is 38.9 Å². The number of nitrogens with zero attached hydrogens (tertiary/aromatic N) is 2. The van der Waals surface area contributed by atoms with E-state index in [0.717, 1.165) is 32.2 Å². The summed E-state index contributed by atoms with van der Waals surface area (Å²) in [5.41, 5.74) is 2.67. The van der Waals surface area contributed by atoms with E-state index in [4.69, 9.17) is 16.0 Å². The van der Waals surface area contributed by atoms with Crippen LogP contribution in [0.2, 0.25) is 5.15 Å². The number of hydrogen-bond donors (Lipinski definition) is 0. The van der Waals surface area contributed by atoms with E-state index >= 15 is 0 Å². The van der Waals surface area contributed by atoms with Gasteiger partial charge in [-0.25, -0.2) is 9.97 Å². The fourth-order valence-corrected chi connectivity index (χ4v) is 2.78. The molecule has 1 aromatic carbocycles. The van der Waals surface area contributed by atoms with Gasteiger partial charge in [-0.1, -0.05) is 36.7 Å². The highest BCUT2D eigenvalue weighted by molar-refractivity contribution is 14.1. The molecular formula is C14H10ClIN2O. The van der Waals surface area contributed by atoms with E-state index in [1.807, 2.05) is 24.3 Å². The lowest BCUT2D eigenvalue weighted by molar-refractivity contribution is 0.616. The van der Waals surface area contributed by atoms with Crippen LogP contribution in [0.3, 0.4) is 0 Å². The molecule has 0 aliphatic rings.